The van der Waals surface area contributed by atoms with Crippen LogP contribution in [0.4, 0.5) is 8.78 Å². The Balaban J connectivity index is 3.28. The fourth-order valence-electron chi connectivity index (χ4n) is 0.762. The number of alkyl halides is 2. The van der Waals surface area contributed by atoms with Crippen LogP contribution in [0.2, 0.25) is 5.02 Å². The highest BCUT2D eigenvalue weighted by atomic mass is 79.9. The van der Waals surface area contributed by atoms with Gasteiger partial charge in [0.25, 0.3) is 0 Å². The third-order valence-electron chi connectivity index (χ3n) is 1.26. The van der Waals surface area contributed by atoms with Crippen molar-refractivity contribution in [2.45, 2.75) is 3.74 Å². The average molecular weight is 320 g/mol. The molecule has 0 fully saturated rings. The molecule has 66 valence electrons. The molecule has 0 N–H and O–H groups in total. The molecule has 0 aromatic heterocycles. The van der Waals surface area contributed by atoms with E-state index in [1.165, 1.54) is 0 Å². The van der Waals surface area contributed by atoms with Gasteiger partial charge in [0.15, 0.2) is 0 Å². The Bertz CT molecular complexity index is 278. The van der Waals surface area contributed by atoms with Gasteiger partial charge in [0.2, 0.25) is 0 Å². The minimum Gasteiger partial charge on any atom is -0.206 e. The fourth-order valence-corrected chi connectivity index (χ4v) is 1.83. The van der Waals surface area contributed by atoms with Crippen LogP contribution in [0.5, 0.6) is 0 Å². The lowest BCUT2D eigenvalue weighted by atomic mass is 10.2. The summed E-state index contributed by atoms with van der Waals surface area (Å²) in [5, 5.41) is 0.0504. The van der Waals surface area contributed by atoms with Crippen molar-refractivity contribution in [2.75, 3.05) is 0 Å². The maximum atomic E-state index is 13.0. The summed E-state index contributed by atoms with van der Waals surface area (Å²) in [5.74, 6) is -1.34. The van der Waals surface area contributed by atoms with E-state index < -0.39 is 15.4 Å². The normalized spacial score (nSPS) is 10.8. The molecule has 0 amide bonds. The van der Waals surface area contributed by atoms with Crippen LogP contribution in [-0.2, 0) is 0 Å². The van der Waals surface area contributed by atoms with Crippen molar-refractivity contribution in [1.29, 1.82) is 0 Å². The molecule has 0 bridgehead atoms. The number of benzene rings is 1. The molecule has 0 nitrogen and oxygen atoms in total. The fraction of sp³-hybridized carbons (Fsp3) is 0.143. The van der Waals surface area contributed by atoms with Crippen molar-refractivity contribution in [3.63, 3.8) is 0 Å². The maximum Gasteiger partial charge on any atom is 0.132 e. The summed E-state index contributed by atoms with van der Waals surface area (Å²) in [6, 6.07) is 2.13. The van der Waals surface area contributed by atoms with Crippen LogP contribution in [0, 0.1) is 11.6 Å². The van der Waals surface area contributed by atoms with E-state index in [4.69, 9.17) is 11.6 Å². The predicted molar refractivity (Wildman–Crippen MR) is 52.0 cm³/mol. The molecule has 0 aliphatic carbocycles. The number of halogens is 5. The van der Waals surface area contributed by atoms with Crippen molar-refractivity contribution in [3.05, 3.63) is 34.4 Å². The average Bonchev–Trinajstić information content (AvgIpc) is 1.82. The summed E-state index contributed by atoms with van der Waals surface area (Å²) in [7, 11) is 0. The first-order chi connectivity index (χ1) is 5.52. The SMILES string of the molecule is Fc1cc(Cl)cc(F)c1C(Br)Br. The monoisotopic (exact) mass is 318 g/mol. The summed E-state index contributed by atoms with van der Waals surface area (Å²) >= 11 is 11.4. The summed E-state index contributed by atoms with van der Waals surface area (Å²) in [4.78, 5) is 0. The number of rotatable bonds is 1. The zero-order valence-electron chi connectivity index (χ0n) is 5.62. The van der Waals surface area contributed by atoms with Crippen LogP contribution in [0.1, 0.15) is 9.30 Å². The Morgan fingerprint density at radius 2 is 1.58 bits per heavy atom. The first kappa shape index (κ1) is 10.4. The van der Waals surface area contributed by atoms with Gasteiger partial charge >= 0.3 is 0 Å². The molecular formula is C7H3Br2ClF2. The molecule has 5 heteroatoms. The maximum absolute atomic E-state index is 13.0. The molecule has 0 saturated carbocycles. The zero-order chi connectivity index (χ0) is 9.30. The van der Waals surface area contributed by atoms with Gasteiger partial charge in [0.05, 0.1) is 0 Å². The van der Waals surface area contributed by atoms with Crippen LogP contribution in [0.15, 0.2) is 12.1 Å². The summed E-state index contributed by atoms with van der Waals surface area (Å²) in [5.41, 5.74) is -0.0700. The number of hydrogen-bond acceptors (Lipinski definition) is 0. The smallest absolute Gasteiger partial charge is 0.132 e. The van der Waals surface area contributed by atoms with Crippen molar-refractivity contribution >= 4 is 43.5 Å². The summed E-state index contributed by atoms with van der Waals surface area (Å²) < 4.78 is 25.4. The van der Waals surface area contributed by atoms with Crippen LogP contribution >= 0.6 is 43.5 Å². The molecule has 0 atom stereocenters. The highest BCUT2D eigenvalue weighted by Crippen LogP contribution is 2.34. The van der Waals surface area contributed by atoms with E-state index in [0.717, 1.165) is 12.1 Å². The second kappa shape index (κ2) is 4.03. The van der Waals surface area contributed by atoms with Gasteiger partial charge in [-0.15, -0.1) is 0 Å². The standard InChI is InChI=1S/C7H3Br2ClF2/c8-7(9)6-4(11)1-3(10)2-5(6)12/h1-2,7H. The van der Waals surface area contributed by atoms with Gasteiger partial charge in [0.1, 0.15) is 15.4 Å². The third-order valence-corrected chi connectivity index (χ3v) is 2.40. The van der Waals surface area contributed by atoms with Crippen LogP contribution in [-0.4, -0.2) is 0 Å². The van der Waals surface area contributed by atoms with Gasteiger partial charge < -0.3 is 0 Å². The first-order valence-electron chi connectivity index (χ1n) is 2.95. The third kappa shape index (κ3) is 2.18. The van der Waals surface area contributed by atoms with Crippen molar-refractivity contribution < 1.29 is 8.78 Å². The van der Waals surface area contributed by atoms with Gasteiger partial charge in [-0.05, 0) is 12.1 Å². The molecule has 0 saturated heterocycles. The Labute approximate surface area is 90.2 Å². The molecule has 0 aliphatic rings. The van der Waals surface area contributed by atoms with Crippen LogP contribution < -0.4 is 0 Å². The molecule has 0 aliphatic heterocycles. The quantitative estimate of drug-likeness (QED) is 0.673. The molecule has 12 heavy (non-hydrogen) atoms. The van der Waals surface area contributed by atoms with Crippen LogP contribution in [0.3, 0.4) is 0 Å². The van der Waals surface area contributed by atoms with Gasteiger partial charge in [-0.2, -0.15) is 0 Å². The van der Waals surface area contributed by atoms with Crippen molar-refractivity contribution in [3.8, 4) is 0 Å². The van der Waals surface area contributed by atoms with Gasteiger partial charge in [-0.25, -0.2) is 8.78 Å². The predicted octanol–water partition coefficient (Wildman–Crippen LogP) is 4.41. The van der Waals surface area contributed by atoms with E-state index >= 15 is 0 Å². The minimum absolute atomic E-state index is 0.0504. The van der Waals surface area contributed by atoms with E-state index in [1.54, 1.807) is 0 Å². The van der Waals surface area contributed by atoms with Crippen molar-refractivity contribution in [1.82, 2.24) is 0 Å². The topological polar surface area (TPSA) is 0 Å². The zero-order valence-corrected chi connectivity index (χ0v) is 9.55. The lowest BCUT2D eigenvalue weighted by Gasteiger charge is -2.05. The lowest BCUT2D eigenvalue weighted by molar-refractivity contribution is 0.566. The Morgan fingerprint density at radius 1 is 1.17 bits per heavy atom. The molecule has 1 aromatic rings. The Morgan fingerprint density at radius 3 is 1.92 bits per heavy atom. The van der Waals surface area contributed by atoms with E-state index in [2.05, 4.69) is 31.9 Å². The number of hydrogen-bond donors (Lipinski definition) is 0. The molecule has 0 spiro atoms. The molecule has 0 unspecified atom stereocenters. The largest absolute Gasteiger partial charge is 0.206 e. The van der Waals surface area contributed by atoms with E-state index in [1.807, 2.05) is 0 Å². The molecule has 1 aromatic carbocycles. The first-order valence-corrected chi connectivity index (χ1v) is 5.16. The van der Waals surface area contributed by atoms with E-state index in [-0.39, 0.29) is 10.6 Å². The van der Waals surface area contributed by atoms with E-state index in [9.17, 15) is 8.78 Å². The van der Waals surface area contributed by atoms with Gasteiger partial charge in [-0.1, -0.05) is 43.5 Å². The van der Waals surface area contributed by atoms with Gasteiger partial charge in [0, 0.05) is 10.6 Å². The second-order valence-corrected chi connectivity index (χ2v) is 5.58. The van der Waals surface area contributed by atoms with Crippen molar-refractivity contribution in [2.24, 2.45) is 0 Å². The lowest BCUT2D eigenvalue weighted by Crippen LogP contribution is -1.93. The van der Waals surface area contributed by atoms with Gasteiger partial charge in [-0.3, -0.25) is 0 Å². The molecular weight excluding hydrogens is 317 g/mol. The molecule has 1 rings (SSSR count). The molecule has 0 heterocycles. The minimum atomic E-state index is -0.668. The Hall–Kier alpha value is 0.330. The highest BCUT2D eigenvalue weighted by molar-refractivity contribution is 9.24. The highest BCUT2D eigenvalue weighted by Gasteiger charge is 2.15. The second-order valence-electron chi connectivity index (χ2n) is 2.08. The van der Waals surface area contributed by atoms with E-state index in [0.29, 0.717) is 0 Å². The Kier molecular flexibility index (Phi) is 3.49. The van der Waals surface area contributed by atoms with Crippen LogP contribution in [0.25, 0.3) is 0 Å². The summed E-state index contributed by atoms with van der Waals surface area (Å²) in [6.45, 7) is 0. The molecule has 0 radical (unpaired) electrons. The summed E-state index contributed by atoms with van der Waals surface area (Å²) in [6.07, 6.45) is 0.